The van der Waals surface area contributed by atoms with Gasteiger partial charge < -0.3 is 19.6 Å². The maximum atomic E-state index is 13.1. The summed E-state index contributed by atoms with van der Waals surface area (Å²) in [5, 5.41) is 12.9. The molecule has 1 amide bonds. The number of pyridine rings is 1. The highest BCUT2D eigenvalue weighted by molar-refractivity contribution is 5.86. The smallest absolute Gasteiger partial charge is 0.227 e. The highest BCUT2D eigenvalue weighted by atomic mass is 16.5. The minimum Gasteiger partial charge on any atom is -0.497 e. The zero-order chi connectivity index (χ0) is 26.1. The number of hydrogen-bond acceptors (Lipinski definition) is 6. The number of rotatable bonds is 8. The first-order valence-corrected chi connectivity index (χ1v) is 14.4. The van der Waals surface area contributed by atoms with Gasteiger partial charge in [0.05, 0.1) is 24.6 Å². The average Bonchev–Trinajstić information content (AvgIpc) is 2.96. The van der Waals surface area contributed by atoms with Crippen molar-refractivity contribution in [3.8, 4) is 5.75 Å². The second-order valence-corrected chi connectivity index (χ2v) is 11.2. The molecular weight excluding hydrogens is 464 g/mol. The molecule has 6 atom stereocenters. The largest absolute Gasteiger partial charge is 0.497 e. The van der Waals surface area contributed by atoms with E-state index in [-0.39, 0.29) is 17.9 Å². The van der Waals surface area contributed by atoms with Crippen LogP contribution in [0.1, 0.15) is 64.5 Å². The Morgan fingerprint density at radius 2 is 1.97 bits per heavy atom. The predicted molar refractivity (Wildman–Crippen MR) is 148 cm³/mol. The van der Waals surface area contributed by atoms with Crippen LogP contribution in [0.5, 0.6) is 5.75 Å². The molecule has 6 rings (SSSR count). The molecule has 7 nitrogen and oxygen atoms in total. The van der Waals surface area contributed by atoms with Crippen LogP contribution in [0, 0.1) is 17.8 Å². The Morgan fingerprint density at radius 1 is 1.16 bits per heavy atom. The number of carbonyl (C=O) groups is 1. The Morgan fingerprint density at radius 3 is 2.65 bits per heavy atom. The molecular formula is C30H44N4O3. The van der Waals surface area contributed by atoms with Gasteiger partial charge in [-0.2, -0.15) is 0 Å². The normalized spacial score (nSPS) is 28.4. The molecule has 7 heteroatoms. The lowest BCUT2D eigenvalue weighted by atomic mass is 9.72. The summed E-state index contributed by atoms with van der Waals surface area (Å²) in [6.45, 7) is 11.6. The van der Waals surface area contributed by atoms with E-state index in [1.165, 1.54) is 12.8 Å². The van der Waals surface area contributed by atoms with E-state index in [9.17, 15) is 9.90 Å². The molecule has 4 aliphatic heterocycles. The van der Waals surface area contributed by atoms with Gasteiger partial charge in [0.25, 0.3) is 0 Å². The van der Waals surface area contributed by atoms with Crippen molar-refractivity contribution in [3.05, 3.63) is 29.8 Å². The zero-order valence-corrected chi connectivity index (χ0v) is 23.0. The van der Waals surface area contributed by atoms with Crippen LogP contribution in [-0.2, 0) is 4.79 Å². The van der Waals surface area contributed by atoms with E-state index in [0.717, 1.165) is 85.9 Å². The molecule has 202 valence electrons. The van der Waals surface area contributed by atoms with Gasteiger partial charge in [0, 0.05) is 44.2 Å². The van der Waals surface area contributed by atoms with E-state index in [1.807, 2.05) is 36.9 Å². The van der Waals surface area contributed by atoms with Crippen molar-refractivity contribution in [1.82, 2.24) is 14.8 Å². The van der Waals surface area contributed by atoms with Crippen LogP contribution < -0.4 is 9.64 Å². The number of hydrogen-bond donors (Lipinski definition) is 1. The summed E-state index contributed by atoms with van der Waals surface area (Å²) >= 11 is 0. The molecule has 4 aliphatic rings. The van der Waals surface area contributed by atoms with Gasteiger partial charge in [0.1, 0.15) is 11.6 Å². The summed E-state index contributed by atoms with van der Waals surface area (Å²) < 4.78 is 5.54. The van der Waals surface area contributed by atoms with Crippen molar-refractivity contribution in [1.29, 1.82) is 0 Å². The van der Waals surface area contributed by atoms with Gasteiger partial charge in [-0.25, -0.2) is 4.98 Å². The van der Waals surface area contributed by atoms with Crippen LogP contribution in [0.3, 0.4) is 0 Å². The summed E-state index contributed by atoms with van der Waals surface area (Å²) in [4.78, 5) is 24.9. The fourth-order valence-corrected chi connectivity index (χ4v) is 7.11. The first kappa shape index (κ1) is 26.2. The lowest BCUT2D eigenvalue weighted by molar-refractivity contribution is -0.135. The van der Waals surface area contributed by atoms with Crippen molar-refractivity contribution in [2.75, 3.05) is 51.3 Å². The minimum atomic E-state index is -0.588. The topological polar surface area (TPSA) is 69.1 Å². The highest BCUT2D eigenvalue weighted by Gasteiger charge is 2.43. The van der Waals surface area contributed by atoms with Crippen LogP contribution in [-0.4, -0.2) is 78.2 Å². The minimum absolute atomic E-state index is 0.0124. The van der Waals surface area contributed by atoms with Crippen molar-refractivity contribution >= 4 is 22.6 Å². The molecule has 2 bridgehead atoms. The number of aliphatic hydroxyl groups excluding tert-OH is 1. The molecule has 37 heavy (non-hydrogen) atoms. The van der Waals surface area contributed by atoms with Crippen molar-refractivity contribution in [3.63, 3.8) is 0 Å². The van der Waals surface area contributed by atoms with Gasteiger partial charge in [0.15, 0.2) is 0 Å². The summed E-state index contributed by atoms with van der Waals surface area (Å²) in [5.41, 5.74) is 1.80. The highest BCUT2D eigenvalue weighted by Crippen LogP contribution is 2.43. The SMILES string of the molecule is CC[C@H]1CN2CC[C@H]1CC2[C@H](O)c1cc(N2CCCC(C(=O)N(CC)CC)C2)nc2ccc(OC)cc12. The third-order valence-corrected chi connectivity index (χ3v) is 9.35. The number of aliphatic hydroxyl groups is 1. The molecule has 3 unspecified atom stereocenters. The van der Waals surface area contributed by atoms with Gasteiger partial charge in [-0.3, -0.25) is 9.69 Å². The Hall–Kier alpha value is -2.38. The molecule has 4 saturated heterocycles. The second kappa shape index (κ2) is 11.2. The number of ether oxygens (including phenoxy) is 1. The number of carbonyl (C=O) groups excluding carboxylic acids is 1. The number of amides is 1. The van der Waals surface area contributed by atoms with Crippen LogP contribution in [0.25, 0.3) is 10.9 Å². The maximum Gasteiger partial charge on any atom is 0.227 e. The molecule has 0 radical (unpaired) electrons. The van der Waals surface area contributed by atoms with Crippen molar-refractivity contribution < 1.29 is 14.6 Å². The molecule has 1 aromatic carbocycles. The lowest BCUT2D eigenvalue weighted by Crippen LogP contribution is -2.55. The fraction of sp³-hybridized carbons (Fsp3) is 0.667. The van der Waals surface area contributed by atoms with Gasteiger partial charge in [-0.05, 0) is 87.7 Å². The van der Waals surface area contributed by atoms with Crippen LogP contribution in [0.15, 0.2) is 24.3 Å². The molecule has 2 aromatic rings. The molecule has 1 aromatic heterocycles. The maximum absolute atomic E-state index is 13.1. The Bertz CT molecular complexity index is 1100. The molecule has 4 fully saturated rings. The van der Waals surface area contributed by atoms with Crippen molar-refractivity contribution in [2.45, 2.75) is 65.0 Å². The number of fused-ring (bicyclic) bond motifs is 4. The van der Waals surface area contributed by atoms with E-state index < -0.39 is 6.10 Å². The Kier molecular flexibility index (Phi) is 7.91. The van der Waals surface area contributed by atoms with Crippen molar-refractivity contribution in [2.24, 2.45) is 17.8 Å². The molecule has 0 aliphatic carbocycles. The average molecular weight is 509 g/mol. The van der Waals surface area contributed by atoms with Crippen LogP contribution in [0.2, 0.25) is 0 Å². The Labute approximate surface area is 221 Å². The van der Waals surface area contributed by atoms with Crippen LogP contribution >= 0.6 is 0 Å². The second-order valence-electron chi connectivity index (χ2n) is 11.2. The molecule has 1 N–H and O–H groups in total. The summed E-state index contributed by atoms with van der Waals surface area (Å²) in [5.74, 6) is 3.32. The van der Waals surface area contributed by atoms with Crippen LogP contribution in [0.4, 0.5) is 5.82 Å². The summed E-state index contributed by atoms with van der Waals surface area (Å²) in [6, 6.07) is 8.17. The first-order valence-electron chi connectivity index (χ1n) is 14.4. The third-order valence-electron chi connectivity index (χ3n) is 9.35. The number of anilines is 1. The van der Waals surface area contributed by atoms with E-state index >= 15 is 0 Å². The van der Waals surface area contributed by atoms with E-state index in [1.54, 1.807) is 7.11 Å². The van der Waals surface area contributed by atoms with E-state index in [4.69, 9.17) is 9.72 Å². The number of benzene rings is 1. The van der Waals surface area contributed by atoms with Gasteiger partial charge >= 0.3 is 0 Å². The fourth-order valence-electron chi connectivity index (χ4n) is 7.11. The molecule has 0 spiro atoms. The first-order chi connectivity index (χ1) is 18.0. The Balaban J connectivity index is 1.48. The monoisotopic (exact) mass is 508 g/mol. The molecule has 5 heterocycles. The number of nitrogens with zero attached hydrogens (tertiary/aromatic N) is 4. The number of aromatic nitrogens is 1. The summed E-state index contributed by atoms with van der Waals surface area (Å²) in [7, 11) is 1.68. The zero-order valence-electron chi connectivity index (χ0n) is 23.0. The number of methoxy groups -OCH3 is 1. The quantitative estimate of drug-likeness (QED) is 0.567. The predicted octanol–water partition coefficient (Wildman–Crippen LogP) is 4.48. The van der Waals surface area contributed by atoms with Gasteiger partial charge in [-0.15, -0.1) is 0 Å². The molecule has 0 saturated carbocycles. The lowest BCUT2D eigenvalue weighted by Gasteiger charge is -2.51. The van der Waals surface area contributed by atoms with Gasteiger partial charge in [0.2, 0.25) is 5.91 Å². The van der Waals surface area contributed by atoms with E-state index in [0.29, 0.717) is 12.5 Å². The number of piperidine rings is 4. The van der Waals surface area contributed by atoms with E-state index in [2.05, 4.69) is 22.8 Å². The standard InChI is InChI=1S/C30H44N4O3/c1-5-20-18-33-14-12-21(20)15-27(33)29(35)25-17-28(31-26-11-10-23(37-4)16-24(25)26)34-13-8-9-22(19-34)30(36)32(6-2)7-3/h10-11,16-17,20-22,27,29,35H,5-9,12-15,18-19H2,1-4H3/t20-,21-,22?,27?,29+/m0/s1. The third kappa shape index (κ3) is 5.05. The van der Waals surface area contributed by atoms with Gasteiger partial charge in [-0.1, -0.05) is 13.3 Å². The summed E-state index contributed by atoms with van der Waals surface area (Å²) in [6.07, 6.45) is 4.80.